The van der Waals surface area contributed by atoms with Crippen LogP contribution in [-0.2, 0) is 10.5 Å². The number of likely N-dealkylation sites (tertiary alicyclic amines) is 1. The fourth-order valence-corrected chi connectivity index (χ4v) is 3.85. The van der Waals surface area contributed by atoms with Crippen molar-refractivity contribution in [3.8, 4) is 0 Å². The first-order valence-electron chi connectivity index (χ1n) is 8.49. The topological polar surface area (TPSA) is 66.2 Å². The van der Waals surface area contributed by atoms with E-state index in [1.165, 1.54) is 12.8 Å². The summed E-state index contributed by atoms with van der Waals surface area (Å²) in [4.78, 5) is 16.6. The number of aliphatic hydroxyl groups is 1. The number of carbonyl (C=O) groups excluding carboxylic acids is 1. The molecule has 0 saturated carbocycles. The van der Waals surface area contributed by atoms with E-state index in [0.717, 1.165) is 24.6 Å². The molecule has 6 nitrogen and oxygen atoms in total. The van der Waals surface area contributed by atoms with E-state index >= 15 is 0 Å². The molecule has 0 spiro atoms. The molecule has 0 aromatic carbocycles. The third-order valence-corrected chi connectivity index (χ3v) is 5.10. The Bertz CT molecular complexity index is 559. The number of hydrogen-bond acceptors (Lipinski definition) is 6. The SMILES string of the molecule is CSCc1ccc(C(=O)N2CCOC[C@@](O)(CN3CCCC3)C2)o1. The molecule has 1 aromatic rings. The molecule has 0 bridgehead atoms. The van der Waals surface area contributed by atoms with Gasteiger partial charge in [-0.05, 0) is 44.3 Å². The van der Waals surface area contributed by atoms with Gasteiger partial charge in [-0.25, -0.2) is 0 Å². The lowest BCUT2D eigenvalue weighted by Gasteiger charge is -2.33. The van der Waals surface area contributed by atoms with E-state index in [4.69, 9.17) is 9.15 Å². The van der Waals surface area contributed by atoms with Crippen molar-refractivity contribution in [3.63, 3.8) is 0 Å². The lowest BCUT2D eigenvalue weighted by Crippen LogP contribution is -2.52. The average Bonchev–Trinajstić information content (AvgIpc) is 3.18. The summed E-state index contributed by atoms with van der Waals surface area (Å²) in [6.45, 7) is 4.02. The van der Waals surface area contributed by atoms with Crippen LogP contribution < -0.4 is 0 Å². The highest BCUT2D eigenvalue weighted by Crippen LogP contribution is 2.21. The molecule has 3 heterocycles. The summed E-state index contributed by atoms with van der Waals surface area (Å²) in [5.74, 6) is 1.70. The summed E-state index contributed by atoms with van der Waals surface area (Å²) in [7, 11) is 0. The van der Waals surface area contributed by atoms with Gasteiger partial charge in [-0.3, -0.25) is 4.79 Å². The predicted octanol–water partition coefficient (Wildman–Crippen LogP) is 1.44. The number of thioether (sulfide) groups is 1. The molecule has 2 fully saturated rings. The number of β-amino-alcohol motifs (C(OH)–C–C–N with tert-alkyl or cyclic N) is 1. The van der Waals surface area contributed by atoms with E-state index in [-0.39, 0.29) is 19.1 Å². The van der Waals surface area contributed by atoms with Crippen molar-refractivity contribution in [1.29, 1.82) is 0 Å². The standard InChI is InChI=1S/C17H26N2O4S/c1-24-10-14-4-5-15(23-14)16(20)19-8-9-22-13-17(21,12-19)11-18-6-2-3-7-18/h4-5,21H,2-3,6-13H2,1H3/t17-/m1/s1. The van der Waals surface area contributed by atoms with E-state index in [1.807, 2.05) is 12.3 Å². The highest BCUT2D eigenvalue weighted by atomic mass is 32.2. The molecule has 1 aromatic heterocycles. The molecule has 2 aliphatic rings. The monoisotopic (exact) mass is 354 g/mol. The van der Waals surface area contributed by atoms with Crippen molar-refractivity contribution < 1.29 is 19.1 Å². The number of ether oxygens (including phenoxy) is 1. The van der Waals surface area contributed by atoms with Gasteiger partial charge in [0.25, 0.3) is 5.91 Å². The number of rotatable bonds is 5. The zero-order chi connectivity index (χ0) is 17.0. The molecular formula is C17H26N2O4S. The summed E-state index contributed by atoms with van der Waals surface area (Å²) in [6.07, 6.45) is 4.34. The number of hydrogen-bond donors (Lipinski definition) is 1. The molecule has 0 aliphatic carbocycles. The van der Waals surface area contributed by atoms with Gasteiger partial charge in [-0.2, -0.15) is 11.8 Å². The Kier molecular flexibility index (Phi) is 5.86. The highest BCUT2D eigenvalue weighted by Gasteiger charge is 2.37. The largest absolute Gasteiger partial charge is 0.455 e. The van der Waals surface area contributed by atoms with Crippen molar-refractivity contribution in [3.05, 3.63) is 23.7 Å². The Balaban J connectivity index is 1.67. The van der Waals surface area contributed by atoms with E-state index in [2.05, 4.69) is 4.90 Å². The third kappa shape index (κ3) is 4.33. The second-order valence-corrected chi connectivity index (χ2v) is 7.55. The predicted molar refractivity (Wildman–Crippen MR) is 93.3 cm³/mol. The Hall–Kier alpha value is -1.02. The smallest absolute Gasteiger partial charge is 0.289 e. The minimum atomic E-state index is -1.02. The average molecular weight is 354 g/mol. The van der Waals surface area contributed by atoms with Crippen LogP contribution in [0.1, 0.15) is 29.2 Å². The van der Waals surface area contributed by atoms with Gasteiger partial charge in [0.05, 0.1) is 25.5 Å². The first-order valence-corrected chi connectivity index (χ1v) is 9.88. The molecule has 0 radical (unpaired) electrons. The summed E-state index contributed by atoms with van der Waals surface area (Å²) >= 11 is 1.65. The Morgan fingerprint density at radius 1 is 1.33 bits per heavy atom. The molecule has 1 N–H and O–H groups in total. The van der Waals surface area contributed by atoms with Crippen LogP contribution in [0.25, 0.3) is 0 Å². The van der Waals surface area contributed by atoms with Gasteiger partial charge in [-0.15, -0.1) is 0 Å². The van der Waals surface area contributed by atoms with E-state index < -0.39 is 5.60 Å². The number of nitrogens with zero attached hydrogens (tertiary/aromatic N) is 2. The minimum absolute atomic E-state index is 0.173. The number of amides is 1. The fourth-order valence-electron chi connectivity index (χ4n) is 3.41. The number of furan rings is 1. The van der Waals surface area contributed by atoms with Crippen LogP contribution >= 0.6 is 11.8 Å². The van der Waals surface area contributed by atoms with Crippen LogP contribution in [0.15, 0.2) is 16.5 Å². The molecule has 1 amide bonds. The molecule has 2 saturated heterocycles. The molecule has 24 heavy (non-hydrogen) atoms. The second kappa shape index (κ2) is 7.91. The molecule has 2 aliphatic heterocycles. The lowest BCUT2D eigenvalue weighted by molar-refractivity contribution is -0.0525. The first kappa shape index (κ1) is 17.8. The normalized spacial score (nSPS) is 25.8. The van der Waals surface area contributed by atoms with Gasteiger partial charge >= 0.3 is 0 Å². The maximum atomic E-state index is 12.7. The van der Waals surface area contributed by atoms with Crippen LogP contribution in [0.3, 0.4) is 0 Å². The van der Waals surface area contributed by atoms with Crippen LogP contribution in [0.2, 0.25) is 0 Å². The number of carbonyl (C=O) groups is 1. The van der Waals surface area contributed by atoms with E-state index in [9.17, 15) is 9.90 Å². The third-order valence-electron chi connectivity index (χ3n) is 4.52. The summed E-state index contributed by atoms with van der Waals surface area (Å²) in [6, 6.07) is 3.56. The van der Waals surface area contributed by atoms with Gasteiger partial charge in [0.15, 0.2) is 5.76 Å². The quantitative estimate of drug-likeness (QED) is 0.863. The molecular weight excluding hydrogens is 328 g/mol. The molecule has 134 valence electrons. The Morgan fingerprint density at radius 2 is 2.12 bits per heavy atom. The van der Waals surface area contributed by atoms with Crippen molar-refractivity contribution in [2.75, 3.05) is 52.2 Å². The highest BCUT2D eigenvalue weighted by molar-refractivity contribution is 7.97. The van der Waals surface area contributed by atoms with Gasteiger partial charge < -0.3 is 24.1 Å². The van der Waals surface area contributed by atoms with Crippen LogP contribution in [0.5, 0.6) is 0 Å². The van der Waals surface area contributed by atoms with Crippen molar-refractivity contribution in [2.45, 2.75) is 24.2 Å². The maximum absolute atomic E-state index is 12.7. The molecule has 0 unspecified atom stereocenters. The van der Waals surface area contributed by atoms with Crippen LogP contribution in [-0.4, -0.2) is 78.6 Å². The molecule has 3 rings (SSSR count). The lowest BCUT2D eigenvalue weighted by atomic mass is 10.0. The molecule has 1 atom stereocenters. The van der Waals surface area contributed by atoms with Crippen molar-refractivity contribution in [1.82, 2.24) is 9.80 Å². The Labute approximate surface area is 147 Å². The maximum Gasteiger partial charge on any atom is 0.289 e. The van der Waals surface area contributed by atoms with Gasteiger partial charge in [0.2, 0.25) is 0 Å². The minimum Gasteiger partial charge on any atom is -0.455 e. The first-order chi connectivity index (χ1) is 11.6. The van der Waals surface area contributed by atoms with E-state index in [0.29, 0.717) is 25.5 Å². The molecule has 7 heteroatoms. The van der Waals surface area contributed by atoms with Crippen molar-refractivity contribution in [2.24, 2.45) is 0 Å². The Morgan fingerprint density at radius 3 is 2.88 bits per heavy atom. The van der Waals surface area contributed by atoms with Crippen molar-refractivity contribution >= 4 is 17.7 Å². The summed E-state index contributed by atoms with van der Waals surface area (Å²) in [5, 5.41) is 11.0. The summed E-state index contributed by atoms with van der Waals surface area (Å²) < 4.78 is 11.2. The summed E-state index contributed by atoms with van der Waals surface area (Å²) in [5.41, 5.74) is -1.02. The van der Waals surface area contributed by atoms with Crippen LogP contribution in [0.4, 0.5) is 0 Å². The second-order valence-electron chi connectivity index (χ2n) is 6.69. The van der Waals surface area contributed by atoms with Gasteiger partial charge in [0.1, 0.15) is 11.4 Å². The van der Waals surface area contributed by atoms with Gasteiger partial charge in [0, 0.05) is 13.1 Å². The van der Waals surface area contributed by atoms with Gasteiger partial charge in [-0.1, -0.05) is 0 Å². The zero-order valence-corrected chi connectivity index (χ0v) is 15.0. The van der Waals surface area contributed by atoms with E-state index in [1.54, 1.807) is 22.7 Å². The van der Waals surface area contributed by atoms with Crippen LogP contribution in [0, 0.1) is 0 Å². The fraction of sp³-hybridized carbons (Fsp3) is 0.706. The zero-order valence-electron chi connectivity index (χ0n) is 14.2.